The second-order valence-electron chi connectivity index (χ2n) is 13.9. The number of rotatable bonds is 5. The highest BCUT2D eigenvalue weighted by Gasteiger charge is 2.76. The number of allylic oxidation sites excluding steroid dienone is 4. The maximum atomic E-state index is 15.6. The number of hydrogen-bond acceptors (Lipinski definition) is 6. The molecule has 5 aliphatic rings. The van der Waals surface area contributed by atoms with Crippen molar-refractivity contribution in [2.24, 2.45) is 28.6 Å². The van der Waals surface area contributed by atoms with Crippen LogP contribution >= 0.6 is 0 Å². The lowest BCUT2D eigenvalue weighted by molar-refractivity contribution is -0.201. The van der Waals surface area contributed by atoms with Crippen molar-refractivity contribution in [2.75, 3.05) is 6.61 Å². The highest BCUT2D eigenvalue weighted by Crippen LogP contribution is 2.70. The van der Waals surface area contributed by atoms with Crippen LogP contribution in [0.15, 0.2) is 66.3 Å². The second kappa shape index (κ2) is 10.0. The second-order valence-corrected chi connectivity index (χ2v) is 13.9. The molecule has 3 saturated carbocycles. The molecule has 4 fully saturated rings. The molecule has 0 unspecified atom stereocenters. The molecule has 0 amide bonds. The van der Waals surface area contributed by atoms with Gasteiger partial charge in [-0.05, 0) is 80.2 Å². The van der Waals surface area contributed by atoms with E-state index < -0.39 is 53.1 Å². The molecule has 0 aromatic heterocycles. The third kappa shape index (κ3) is 4.12. The predicted molar refractivity (Wildman–Crippen MR) is 157 cm³/mol. The van der Waals surface area contributed by atoms with Gasteiger partial charge >= 0.3 is 0 Å². The summed E-state index contributed by atoms with van der Waals surface area (Å²) in [6.45, 7) is 5.37. The zero-order valence-electron chi connectivity index (χ0n) is 24.9. The third-order valence-corrected chi connectivity index (χ3v) is 11.6. The number of fused-ring (bicyclic) bond motifs is 7. The summed E-state index contributed by atoms with van der Waals surface area (Å²) in [5.74, 6) is -1.06. The van der Waals surface area contributed by atoms with Gasteiger partial charge in [-0.2, -0.15) is 0 Å². The number of ether oxygens (including phenoxy) is 2. The van der Waals surface area contributed by atoms with Gasteiger partial charge in [0, 0.05) is 22.3 Å². The molecule has 9 atom stereocenters. The molecule has 226 valence electrons. The summed E-state index contributed by atoms with van der Waals surface area (Å²) in [7, 11) is 0. The van der Waals surface area contributed by atoms with Crippen molar-refractivity contribution in [1.82, 2.24) is 0 Å². The van der Waals surface area contributed by atoms with Crippen LogP contribution in [-0.2, 0) is 25.5 Å². The Morgan fingerprint density at radius 1 is 1.12 bits per heavy atom. The molecule has 4 aliphatic carbocycles. The van der Waals surface area contributed by atoms with Crippen LogP contribution in [0.2, 0.25) is 0 Å². The normalized spacial score (nSPS) is 39.5. The van der Waals surface area contributed by atoms with Crippen LogP contribution in [0.3, 0.4) is 0 Å². The Morgan fingerprint density at radius 3 is 2.58 bits per heavy atom. The van der Waals surface area contributed by atoms with Crippen molar-refractivity contribution in [3.05, 3.63) is 94.3 Å². The number of hydrogen-bond donors (Lipinski definition) is 2. The summed E-state index contributed by atoms with van der Waals surface area (Å²) in [6, 6.07) is 13.1. The monoisotopic (exact) mass is 586 g/mol. The van der Waals surface area contributed by atoms with E-state index in [4.69, 9.17) is 9.47 Å². The maximum Gasteiger partial charge on any atom is 0.193 e. The average Bonchev–Trinajstić information content (AvgIpc) is 3.47. The van der Waals surface area contributed by atoms with Crippen LogP contribution in [0.4, 0.5) is 4.39 Å². The van der Waals surface area contributed by atoms with Gasteiger partial charge in [0.2, 0.25) is 0 Å². The Bertz CT molecular complexity index is 1550. The van der Waals surface area contributed by atoms with E-state index in [-0.39, 0.29) is 35.5 Å². The number of Topliss-reactive ketones (excluding diaryl/α,β-unsaturated/α-hetero) is 1. The number of ketones is 2. The summed E-state index contributed by atoms with van der Waals surface area (Å²) in [5, 5.41) is 22.0. The van der Waals surface area contributed by atoms with E-state index in [0.717, 1.165) is 35.1 Å². The number of halogens is 1. The van der Waals surface area contributed by atoms with Crippen LogP contribution < -0.4 is 0 Å². The first-order valence-electron chi connectivity index (χ1n) is 15.4. The lowest BCUT2D eigenvalue weighted by Gasteiger charge is -2.59. The van der Waals surface area contributed by atoms with Gasteiger partial charge in [0.05, 0.1) is 12.2 Å². The number of carbonyl (C=O) groups is 2. The molecule has 43 heavy (non-hydrogen) atoms. The first-order valence-corrected chi connectivity index (χ1v) is 15.4. The van der Waals surface area contributed by atoms with Crippen LogP contribution in [0.25, 0.3) is 0 Å². The minimum Gasteiger partial charge on any atom is -0.393 e. The van der Waals surface area contributed by atoms with Crippen molar-refractivity contribution in [3.63, 3.8) is 0 Å². The van der Waals surface area contributed by atoms with E-state index in [1.54, 1.807) is 18.2 Å². The Hall–Kier alpha value is -2.97. The molecule has 1 aliphatic heterocycles. The Balaban J connectivity index is 1.19. The number of carbonyl (C=O) groups excluding carboxylic acids is 2. The highest BCUT2D eigenvalue weighted by molar-refractivity contribution is 6.01. The predicted octanol–water partition coefficient (Wildman–Crippen LogP) is 5.33. The number of aliphatic hydroxyl groups excluding tert-OH is 2. The minimum atomic E-state index is -1.51. The molecular weight excluding hydrogens is 547 g/mol. The fraction of sp³-hybridized carbons (Fsp3) is 0.500. The van der Waals surface area contributed by atoms with Gasteiger partial charge in [0.15, 0.2) is 23.5 Å². The van der Waals surface area contributed by atoms with Crippen molar-refractivity contribution < 1.29 is 33.7 Å². The van der Waals surface area contributed by atoms with Gasteiger partial charge in [-0.15, -0.1) is 0 Å². The molecule has 1 saturated heterocycles. The van der Waals surface area contributed by atoms with Gasteiger partial charge < -0.3 is 19.7 Å². The van der Waals surface area contributed by atoms with E-state index in [0.29, 0.717) is 12.8 Å². The quantitative estimate of drug-likeness (QED) is 0.492. The molecule has 7 heteroatoms. The average molecular weight is 587 g/mol. The topological polar surface area (TPSA) is 93.1 Å². The van der Waals surface area contributed by atoms with Gasteiger partial charge in [-0.3, -0.25) is 9.59 Å². The van der Waals surface area contributed by atoms with Gasteiger partial charge in [0.1, 0.15) is 12.4 Å². The first-order chi connectivity index (χ1) is 20.5. The highest BCUT2D eigenvalue weighted by atomic mass is 19.1. The molecule has 2 aromatic carbocycles. The van der Waals surface area contributed by atoms with E-state index in [1.165, 1.54) is 6.07 Å². The smallest absolute Gasteiger partial charge is 0.193 e. The zero-order valence-corrected chi connectivity index (χ0v) is 24.9. The van der Waals surface area contributed by atoms with E-state index >= 15 is 4.39 Å². The molecule has 2 N–H and O–H groups in total. The molecule has 0 bridgehead atoms. The summed E-state index contributed by atoms with van der Waals surface area (Å²) >= 11 is 0. The standard InChI is InChI=1S/C36H39FO6/c1-20-4-6-21(7-5-20)14-22-8-10-26(28(37)15-22)33-42-31-17-27-25-11-9-23-16-24(39)12-13-34(23,2)32(25)29(40)18-35(27,3)36(31,43-33)30(41)19-38/h4-8,10,12-13,15-16,25,27,29,31-33,38,40H,9,11,14,17-19H2,1-3H3/t25-,27-,29-,31+,32+,33+,34-,35-,36+/m0/s1. The SMILES string of the molecule is Cc1ccc(Cc2ccc([C@@H]3O[C@@H]4C[C@H]5[C@@H]6CCC7=CC(=O)C=C[C@]7(C)[C@H]6[C@@H](O)C[C@]5(C)[C@]4(C(=O)CO)O3)c(F)c2)cc1. The number of benzene rings is 2. The largest absolute Gasteiger partial charge is 0.393 e. The number of aryl methyl sites for hydroxylation is 1. The van der Waals surface area contributed by atoms with Crippen molar-refractivity contribution in [2.45, 2.75) is 77.0 Å². The van der Waals surface area contributed by atoms with Gasteiger partial charge in [-0.1, -0.05) is 67.5 Å². The van der Waals surface area contributed by atoms with Crippen molar-refractivity contribution in [3.8, 4) is 0 Å². The molecule has 2 aromatic rings. The van der Waals surface area contributed by atoms with E-state index in [1.807, 2.05) is 50.3 Å². The van der Waals surface area contributed by atoms with Crippen molar-refractivity contribution in [1.29, 1.82) is 0 Å². The van der Waals surface area contributed by atoms with Crippen LogP contribution in [0.5, 0.6) is 0 Å². The van der Waals surface area contributed by atoms with E-state index in [2.05, 4.69) is 6.92 Å². The summed E-state index contributed by atoms with van der Waals surface area (Å²) < 4.78 is 28.6. The molecule has 0 radical (unpaired) electrons. The van der Waals surface area contributed by atoms with Gasteiger partial charge in [-0.25, -0.2) is 4.39 Å². The zero-order chi connectivity index (χ0) is 30.3. The molecular formula is C36H39FO6. The summed E-state index contributed by atoms with van der Waals surface area (Å²) in [5.41, 5.74) is 1.54. The van der Waals surface area contributed by atoms with Crippen LogP contribution in [0, 0.1) is 41.3 Å². The molecule has 7 rings (SSSR count). The molecule has 1 heterocycles. The third-order valence-electron chi connectivity index (χ3n) is 11.6. The first kappa shape index (κ1) is 28.8. The fourth-order valence-electron chi connectivity index (χ4n) is 9.64. The summed E-state index contributed by atoms with van der Waals surface area (Å²) in [4.78, 5) is 25.9. The Labute approximate surface area is 251 Å². The number of aliphatic hydroxyl groups is 2. The van der Waals surface area contributed by atoms with Crippen molar-refractivity contribution >= 4 is 11.6 Å². The maximum absolute atomic E-state index is 15.6. The lowest BCUT2D eigenvalue weighted by atomic mass is 9.46. The lowest BCUT2D eigenvalue weighted by Crippen LogP contribution is -2.63. The summed E-state index contributed by atoms with van der Waals surface area (Å²) in [6.07, 6.45) is 5.61. The van der Waals surface area contributed by atoms with E-state index in [9.17, 15) is 19.8 Å². The minimum absolute atomic E-state index is 0.0199. The van der Waals surface area contributed by atoms with Crippen LogP contribution in [-0.4, -0.2) is 46.2 Å². The van der Waals surface area contributed by atoms with Crippen LogP contribution in [0.1, 0.15) is 68.1 Å². The molecule has 6 nitrogen and oxygen atoms in total. The molecule has 0 spiro atoms. The fourth-order valence-corrected chi connectivity index (χ4v) is 9.64. The Kier molecular flexibility index (Phi) is 6.71. The van der Waals surface area contributed by atoms with Gasteiger partial charge in [0.25, 0.3) is 0 Å². The Morgan fingerprint density at radius 2 is 1.86 bits per heavy atom.